The van der Waals surface area contributed by atoms with Crippen LogP contribution in [-0.4, -0.2) is 56.9 Å². The van der Waals surface area contributed by atoms with E-state index >= 15 is 0 Å². The minimum atomic E-state index is -2.74. The van der Waals surface area contributed by atoms with Crippen molar-refractivity contribution in [2.75, 3.05) is 37.7 Å². The quantitative estimate of drug-likeness (QED) is 0.786. The van der Waals surface area contributed by atoms with E-state index in [0.717, 1.165) is 57.8 Å². The molecule has 3 rings (SSSR count). The van der Waals surface area contributed by atoms with Crippen LogP contribution < -0.4 is 5.32 Å². The molecular weight excluding hydrogens is 324 g/mol. The Kier molecular flexibility index (Phi) is 5.85. The van der Waals surface area contributed by atoms with Gasteiger partial charge in [-0.05, 0) is 56.9 Å². The molecule has 2 saturated heterocycles. The van der Waals surface area contributed by atoms with Crippen LogP contribution in [0.2, 0.25) is 0 Å². The Bertz CT molecular complexity index is 534. The maximum absolute atomic E-state index is 12.2. The first-order chi connectivity index (χ1) is 11.4. The molecule has 0 aromatic rings. The van der Waals surface area contributed by atoms with Crippen LogP contribution in [0.5, 0.6) is 0 Å². The average molecular weight is 357 g/mol. The maximum Gasteiger partial charge on any atom is 0.223 e. The van der Waals surface area contributed by atoms with Crippen molar-refractivity contribution in [3.63, 3.8) is 0 Å². The molecule has 138 valence electrons. The fourth-order valence-electron chi connectivity index (χ4n) is 4.36. The van der Waals surface area contributed by atoms with Crippen molar-refractivity contribution in [1.29, 1.82) is 0 Å². The van der Waals surface area contributed by atoms with E-state index in [1.165, 1.54) is 12.8 Å². The Morgan fingerprint density at radius 2 is 1.79 bits per heavy atom. The van der Waals surface area contributed by atoms with E-state index in [9.17, 15) is 13.2 Å². The Morgan fingerprint density at radius 3 is 2.42 bits per heavy atom. The second kappa shape index (κ2) is 7.73. The summed E-state index contributed by atoms with van der Waals surface area (Å²) in [6, 6.07) is 0. The molecule has 0 aromatic heterocycles. The van der Waals surface area contributed by atoms with Gasteiger partial charge in [-0.25, -0.2) is 8.42 Å². The number of hydrogen-bond acceptors (Lipinski definition) is 4. The summed E-state index contributed by atoms with van der Waals surface area (Å²) in [6.07, 6.45) is 6.31. The van der Waals surface area contributed by atoms with Gasteiger partial charge in [-0.2, -0.15) is 0 Å². The van der Waals surface area contributed by atoms with Crippen LogP contribution in [0.3, 0.4) is 0 Å². The van der Waals surface area contributed by atoms with E-state index in [1.54, 1.807) is 0 Å². The average Bonchev–Trinajstić information content (AvgIpc) is 2.85. The summed E-state index contributed by atoms with van der Waals surface area (Å²) in [5, 5.41) is 3.15. The summed E-state index contributed by atoms with van der Waals surface area (Å²) in [5.74, 6) is 2.99. The van der Waals surface area contributed by atoms with E-state index in [4.69, 9.17) is 0 Å². The number of nitrogens with zero attached hydrogens (tertiary/aromatic N) is 1. The third-order valence-corrected chi connectivity index (χ3v) is 8.00. The van der Waals surface area contributed by atoms with Gasteiger partial charge in [0.05, 0.1) is 11.5 Å². The third kappa shape index (κ3) is 4.94. The van der Waals surface area contributed by atoms with Gasteiger partial charge in [0, 0.05) is 31.5 Å². The standard InChI is InChI=1S/C18H32N2O3S/c1-14-2-4-17(5-3-14)18(21)19-10-16-11-20(12-16)8-6-15-7-9-24(22,23)13-15/h14-17H,2-13H2,1H3,(H,19,21). The van der Waals surface area contributed by atoms with Crippen LogP contribution >= 0.6 is 0 Å². The Labute approximate surface area is 146 Å². The Balaban J connectivity index is 1.25. The molecule has 5 nitrogen and oxygen atoms in total. The lowest BCUT2D eigenvalue weighted by atomic mass is 9.82. The number of carbonyl (C=O) groups excluding carboxylic acids is 1. The van der Waals surface area contributed by atoms with Crippen molar-refractivity contribution in [2.45, 2.75) is 45.4 Å². The highest BCUT2D eigenvalue weighted by Crippen LogP contribution is 2.28. The summed E-state index contributed by atoms with van der Waals surface area (Å²) < 4.78 is 22.9. The highest BCUT2D eigenvalue weighted by atomic mass is 32.2. The lowest BCUT2D eigenvalue weighted by Crippen LogP contribution is -2.52. The predicted octanol–water partition coefficient (Wildman–Crippen LogP) is 1.69. The van der Waals surface area contributed by atoms with E-state index in [2.05, 4.69) is 17.1 Å². The molecule has 1 N–H and O–H groups in total. The van der Waals surface area contributed by atoms with Crippen LogP contribution in [0.25, 0.3) is 0 Å². The summed E-state index contributed by atoms with van der Waals surface area (Å²) in [6.45, 7) is 6.17. The lowest BCUT2D eigenvalue weighted by molar-refractivity contribution is -0.126. The van der Waals surface area contributed by atoms with Gasteiger partial charge in [-0.15, -0.1) is 0 Å². The zero-order valence-electron chi connectivity index (χ0n) is 14.9. The van der Waals surface area contributed by atoms with Gasteiger partial charge in [0.25, 0.3) is 0 Å². The van der Waals surface area contributed by atoms with Gasteiger partial charge in [0.2, 0.25) is 5.91 Å². The summed E-state index contributed by atoms with van der Waals surface area (Å²) in [4.78, 5) is 14.6. The van der Waals surface area contributed by atoms with E-state index < -0.39 is 9.84 Å². The zero-order chi connectivity index (χ0) is 17.2. The van der Waals surface area contributed by atoms with Crippen LogP contribution in [-0.2, 0) is 14.6 Å². The van der Waals surface area contributed by atoms with Crippen LogP contribution in [0.15, 0.2) is 0 Å². The number of hydrogen-bond donors (Lipinski definition) is 1. The molecule has 0 radical (unpaired) electrons. The van der Waals surface area contributed by atoms with Gasteiger partial charge in [0.15, 0.2) is 9.84 Å². The minimum absolute atomic E-state index is 0.238. The molecule has 2 aliphatic heterocycles. The number of likely N-dealkylation sites (tertiary alicyclic amines) is 1. The summed E-state index contributed by atoms with van der Waals surface area (Å²) in [7, 11) is -2.74. The van der Waals surface area contributed by atoms with Crippen molar-refractivity contribution in [3.8, 4) is 0 Å². The van der Waals surface area contributed by atoms with Gasteiger partial charge >= 0.3 is 0 Å². The van der Waals surface area contributed by atoms with Crippen molar-refractivity contribution in [2.24, 2.45) is 23.7 Å². The maximum atomic E-state index is 12.2. The normalized spacial score (nSPS) is 34.0. The molecule has 0 bridgehead atoms. The largest absolute Gasteiger partial charge is 0.355 e. The Hall–Kier alpha value is -0.620. The van der Waals surface area contributed by atoms with Crippen molar-refractivity contribution < 1.29 is 13.2 Å². The van der Waals surface area contributed by atoms with Gasteiger partial charge in [-0.3, -0.25) is 4.79 Å². The molecule has 1 unspecified atom stereocenters. The van der Waals surface area contributed by atoms with E-state index in [1.807, 2.05) is 0 Å². The lowest BCUT2D eigenvalue weighted by Gasteiger charge is -2.40. The van der Waals surface area contributed by atoms with Crippen LogP contribution in [0.4, 0.5) is 0 Å². The molecule has 2 heterocycles. The number of sulfone groups is 1. The van der Waals surface area contributed by atoms with Gasteiger partial charge in [-0.1, -0.05) is 6.92 Å². The number of carbonyl (C=O) groups is 1. The molecule has 1 aliphatic carbocycles. The monoisotopic (exact) mass is 356 g/mol. The number of nitrogens with one attached hydrogen (secondary N) is 1. The zero-order valence-corrected chi connectivity index (χ0v) is 15.7. The molecule has 1 atom stereocenters. The minimum Gasteiger partial charge on any atom is -0.355 e. The van der Waals surface area contributed by atoms with Crippen LogP contribution in [0.1, 0.15) is 45.4 Å². The first kappa shape index (κ1) is 18.2. The summed E-state index contributed by atoms with van der Waals surface area (Å²) in [5.41, 5.74) is 0. The smallest absolute Gasteiger partial charge is 0.223 e. The van der Waals surface area contributed by atoms with Crippen LogP contribution in [0, 0.1) is 23.7 Å². The highest BCUT2D eigenvalue weighted by Gasteiger charge is 2.31. The predicted molar refractivity (Wildman–Crippen MR) is 95.4 cm³/mol. The molecule has 24 heavy (non-hydrogen) atoms. The molecule has 0 spiro atoms. The first-order valence-corrected chi connectivity index (χ1v) is 11.4. The fourth-order valence-corrected chi connectivity index (χ4v) is 6.28. The van der Waals surface area contributed by atoms with Crippen molar-refractivity contribution in [1.82, 2.24) is 10.2 Å². The molecular formula is C18H32N2O3S. The fraction of sp³-hybridized carbons (Fsp3) is 0.944. The molecule has 1 amide bonds. The third-order valence-electron chi connectivity index (χ3n) is 6.16. The second-order valence-corrected chi connectivity index (χ2v) is 10.6. The molecule has 0 aromatic carbocycles. The molecule has 6 heteroatoms. The molecule has 1 saturated carbocycles. The van der Waals surface area contributed by atoms with E-state index in [-0.39, 0.29) is 11.8 Å². The Morgan fingerprint density at radius 1 is 1.08 bits per heavy atom. The van der Waals surface area contributed by atoms with Crippen molar-refractivity contribution in [3.05, 3.63) is 0 Å². The number of rotatable bonds is 6. The number of amides is 1. The van der Waals surface area contributed by atoms with Gasteiger partial charge < -0.3 is 10.2 Å². The molecule has 3 fully saturated rings. The van der Waals surface area contributed by atoms with Crippen molar-refractivity contribution >= 4 is 15.7 Å². The summed E-state index contributed by atoms with van der Waals surface area (Å²) >= 11 is 0. The topological polar surface area (TPSA) is 66.5 Å². The highest BCUT2D eigenvalue weighted by molar-refractivity contribution is 7.91. The van der Waals surface area contributed by atoms with E-state index in [0.29, 0.717) is 23.3 Å². The van der Waals surface area contributed by atoms with Gasteiger partial charge in [0.1, 0.15) is 0 Å². The second-order valence-electron chi connectivity index (χ2n) is 8.39. The molecule has 3 aliphatic rings. The SMILES string of the molecule is CC1CCC(C(=O)NCC2CN(CCC3CCS(=O)(=O)C3)C2)CC1. The first-order valence-electron chi connectivity index (χ1n) is 9.62.